The molecule has 0 bridgehead atoms. The molecule has 5 nitrogen and oxygen atoms in total. The van der Waals surface area contributed by atoms with Crippen LogP contribution < -0.4 is 15.8 Å². The van der Waals surface area contributed by atoms with Gasteiger partial charge in [-0.1, -0.05) is 49.4 Å². The fourth-order valence-corrected chi connectivity index (χ4v) is 2.77. The van der Waals surface area contributed by atoms with E-state index < -0.39 is 0 Å². The van der Waals surface area contributed by atoms with E-state index in [2.05, 4.69) is 5.32 Å². The summed E-state index contributed by atoms with van der Waals surface area (Å²) in [4.78, 5) is 12.6. The van der Waals surface area contributed by atoms with E-state index in [-0.39, 0.29) is 30.3 Å². The maximum atomic E-state index is 12.6. The van der Waals surface area contributed by atoms with Crippen LogP contribution in [0.3, 0.4) is 0 Å². The molecule has 2 aromatic carbocycles. The molecule has 0 spiro atoms. The molecular formula is C22H31ClN2O3. The van der Waals surface area contributed by atoms with Crippen LogP contribution in [0, 0.1) is 12.8 Å². The number of carbonyl (C=O) groups is 1. The van der Waals surface area contributed by atoms with Gasteiger partial charge < -0.3 is 20.5 Å². The van der Waals surface area contributed by atoms with E-state index in [1.807, 2.05) is 69.3 Å². The maximum absolute atomic E-state index is 12.6. The van der Waals surface area contributed by atoms with Crippen LogP contribution in [-0.2, 0) is 16.1 Å². The number of amides is 1. The SMILES string of the molecule is CCOCCOc1cc(C)ccc1CNC(=O)C(C)C(N)c1ccccc1.Cl. The van der Waals surface area contributed by atoms with Crippen molar-refractivity contribution >= 4 is 18.3 Å². The summed E-state index contributed by atoms with van der Waals surface area (Å²) in [6, 6.07) is 15.3. The van der Waals surface area contributed by atoms with Crippen LogP contribution in [-0.4, -0.2) is 25.7 Å². The summed E-state index contributed by atoms with van der Waals surface area (Å²) in [7, 11) is 0. The third-order valence-corrected chi connectivity index (χ3v) is 4.50. The van der Waals surface area contributed by atoms with E-state index in [9.17, 15) is 4.79 Å². The summed E-state index contributed by atoms with van der Waals surface area (Å²) in [6.45, 7) is 7.90. The lowest BCUT2D eigenvalue weighted by Crippen LogP contribution is -2.35. The average molecular weight is 407 g/mol. The quantitative estimate of drug-likeness (QED) is 0.589. The molecule has 2 aromatic rings. The van der Waals surface area contributed by atoms with Crippen molar-refractivity contribution in [2.24, 2.45) is 11.7 Å². The molecule has 0 saturated carbocycles. The van der Waals surface area contributed by atoms with Crippen LogP contribution in [0.5, 0.6) is 5.75 Å². The van der Waals surface area contributed by atoms with Crippen LogP contribution in [0.4, 0.5) is 0 Å². The minimum Gasteiger partial charge on any atom is -0.491 e. The van der Waals surface area contributed by atoms with Crippen LogP contribution in [0.25, 0.3) is 0 Å². The van der Waals surface area contributed by atoms with Gasteiger partial charge in [-0.3, -0.25) is 4.79 Å². The second-order valence-electron chi connectivity index (χ2n) is 6.60. The topological polar surface area (TPSA) is 73.6 Å². The van der Waals surface area contributed by atoms with Gasteiger partial charge in [-0.05, 0) is 31.0 Å². The first-order valence-electron chi connectivity index (χ1n) is 9.41. The van der Waals surface area contributed by atoms with E-state index in [1.165, 1.54) is 0 Å². The van der Waals surface area contributed by atoms with Crippen molar-refractivity contribution in [1.82, 2.24) is 5.32 Å². The lowest BCUT2D eigenvalue weighted by atomic mass is 9.94. The van der Waals surface area contributed by atoms with Crippen molar-refractivity contribution in [3.63, 3.8) is 0 Å². The molecule has 0 saturated heterocycles. The van der Waals surface area contributed by atoms with E-state index in [0.29, 0.717) is 26.4 Å². The number of aryl methyl sites for hydroxylation is 1. The number of hydrogen-bond acceptors (Lipinski definition) is 4. The van der Waals surface area contributed by atoms with E-state index >= 15 is 0 Å². The van der Waals surface area contributed by atoms with Crippen molar-refractivity contribution in [2.45, 2.75) is 33.4 Å². The summed E-state index contributed by atoms with van der Waals surface area (Å²) in [5, 5.41) is 2.98. The first-order chi connectivity index (χ1) is 13.0. The summed E-state index contributed by atoms with van der Waals surface area (Å²) in [6.07, 6.45) is 0. The molecule has 0 aliphatic heterocycles. The molecule has 3 N–H and O–H groups in total. The molecule has 0 heterocycles. The molecule has 0 fully saturated rings. The van der Waals surface area contributed by atoms with Crippen molar-refractivity contribution in [1.29, 1.82) is 0 Å². The average Bonchev–Trinajstić information content (AvgIpc) is 2.69. The first-order valence-corrected chi connectivity index (χ1v) is 9.41. The Morgan fingerprint density at radius 1 is 1.14 bits per heavy atom. The molecule has 1 amide bonds. The molecule has 0 aliphatic rings. The second-order valence-corrected chi connectivity index (χ2v) is 6.60. The summed E-state index contributed by atoms with van der Waals surface area (Å²) in [5.41, 5.74) is 9.25. The number of nitrogens with one attached hydrogen (secondary N) is 1. The molecule has 6 heteroatoms. The highest BCUT2D eigenvalue weighted by Crippen LogP contribution is 2.22. The van der Waals surface area contributed by atoms with Gasteiger partial charge in [0.1, 0.15) is 12.4 Å². The number of rotatable bonds is 10. The van der Waals surface area contributed by atoms with Gasteiger partial charge in [-0.2, -0.15) is 0 Å². The Labute approximate surface area is 174 Å². The number of ether oxygens (including phenoxy) is 2. The first kappa shape index (κ1) is 24.0. The highest BCUT2D eigenvalue weighted by atomic mass is 35.5. The minimum absolute atomic E-state index is 0. The zero-order valence-corrected chi connectivity index (χ0v) is 17.6. The molecule has 2 rings (SSSR count). The van der Waals surface area contributed by atoms with Gasteiger partial charge in [-0.15, -0.1) is 12.4 Å². The lowest BCUT2D eigenvalue weighted by molar-refractivity contribution is -0.125. The van der Waals surface area contributed by atoms with Crippen LogP contribution in [0.2, 0.25) is 0 Å². The highest BCUT2D eigenvalue weighted by Gasteiger charge is 2.22. The number of benzene rings is 2. The summed E-state index contributed by atoms with van der Waals surface area (Å²) >= 11 is 0. The van der Waals surface area contributed by atoms with Gasteiger partial charge in [0.15, 0.2) is 0 Å². The van der Waals surface area contributed by atoms with E-state index in [0.717, 1.165) is 22.4 Å². The smallest absolute Gasteiger partial charge is 0.225 e. The largest absolute Gasteiger partial charge is 0.491 e. The molecule has 0 aromatic heterocycles. The number of nitrogens with two attached hydrogens (primary N) is 1. The molecule has 0 radical (unpaired) electrons. The Kier molecular flexibility index (Phi) is 10.6. The lowest BCUT2D eigenvalue weighted by Gasteiger charge is -2.20. The Bertz CT molecular complexity index is 725. The molecule has 0 aliphatic carbocycles. The summed E-state index contributed by atoms with van der Waals surface area (Å²) < 4.78 is 11.1. The van der Waals surface area contributed by atoms with Gasteiger partial charge in [0.2, 0.25) is 5.91 Å². The van der Waals surface area contributed by atoms with Crippen LogP contribution in [0.1, 0.15) is 36.6 Å². The molecule has 2 atom stereocenters. The fourth-order valence-electron chi connectivity index (χ4n) is 2.77. The van der Waals surface area contributed by atoms with Crippen molar-refractivity contribution in [3.05, 3.63) is 65.2 Å². The molecule has 28 heavy (non-hydrogen) atoms. The van der Waals surface area contributed by atoms with Gasteiger partial charge in [-0.25, -0.2) is 0 Å². The normalized spacial score (nSPS) is 12.6. The van der Waals surface area contributed by atoms with Gasteiger partial charge in [0, 0.05) is 24.8 Å². The maximum Gasteiger partial charge on any atom is 0.225 e. The summed E-state index contributed by atoms with van der Waals surface area (Å²) in [5.74, 6) is 0.363. The monoisotopic (exact) mass is 406 g/mol. The standard InChI is InChI=1S/C22H30N2O3.ClH/c1-4-26-12-13-27-20-14-16(2)10-11-19(20)15-24-22(25)17(3)21(23)18-8-6-5-7-9-18;/h5-11,14,17,21H,4,12-13,15,23H2,1-3H3,(H,24,25);1H. The second kappa shape index (κ2) is 12.4. The third kappa shape index (κ3) is 7.15. The Morgan fingerprint density at radius 3 is 2.54 bits per heavy atom. The third-order valence-electron chi connectivity index (χ3n) is 4.50. The van der Waals surface area contributed by atoms with E-state index in [4.69, 9.17) is 15.2 Å². The van der Waals surface area contributed by atoms with Gasteiger partial charge in [0.25, 0.3) is 0 Å². The molecule has 154 valence electrons. The molecular weight excluding hydrogens is 376 g/mol. The predicted molar refractivity (Wildman–Crippen MR) is 115 cm³/mol. The van der Waals surface area contributed by atoms with Crippen molar-refractivity contribution < 1.29 is 14.3 Å². The number of hydrogen-bond donors (Lipinski definition) is 2. The fraction of sp³-hybridized carbons (Fsp3) is 0.409. The molecule has 2 unspecified atom stereocenters. The van der Waals surface area contributed by atoms with E-state index in [1.54, 1.807) is 0 Å². The van der Waals surface area contributed by atoms with Gasteiger partial charge >= 0.3 is 0 Å². The number of halogens is 1. The zero-order valence-electron chi connectivity index (χ0n) is 16.8. The Hall–Kier alpha value is -2.08. The predicted octanol–water partition coefficient (Wildman–Crippen LogP) is 3.78. The zero-order chi connectivity index (χ0) is 19.6. The van der Waals surface area contributed by atoms with Crippen LogP contribution in [0.15, 0.2) is 48.5 Å². The Morgan fingerprint density at radius 2 is 1.86 bits per heavy atom. The Balaban J connectivity index is 0.00000392. The van der Waals surface area contributed by atoms with Crippen molar-refractivity contribution in [3.8, 4) is 5.75 Å². The highest BCUT2D eigenvalue weighted by molar-refractivity contribution is 5.85. The minimum atomic E-state index is -0.342. The van der Waals surface area contributed by atoms with Crippen LogP contribution >= 0.6 is 12.4 Å². The van der Waals surface area contributed by atoms with Crippen molar-refractivity contribution in [2.75, 3.05) is 19.8 Å². The number of carbonyl (C=O) groups excluding carboxylic acids is 1. The van der Waals surface area contributed by atoms with Gasteiger partial charge in [0.05, 0.1) is 12.5 Å².